The predicted molar refractivity (Wildman–Crippen MR) is 101 cm³/mol. The highest BCUT2D eigenvalue weighted by Gasteiger charge is 2.19. The van der Waals surface area contributed by atoms with Crippen LogP contribution in [-0.4, -0.2) is 29.9 Å². The number of nitrogens with one attached hydrogen (secondary N) is 2. The van der Waals surface area contributed by atoms with E-state index in [2.05, 4.69) is 10.6 Å². The minimum Gasteiger partial charge on any atom is -0.339 e. The first-order chi connectivity index (χ1) is 12.1. The molecule has 1 aliphatic heterocycles. The van der Waals surface area contributed by atoms with Crippen LogP contribution in [0.2, 0.25) is 5.02 Å². The van der Waals surface area contributed by atoms with Crippen LogP contribution in [0.3, 0.4) is 0 Å². The molecule has 5 nitrogen and oxygen atoms in total. The van der Waals surface area contributed by atoms with Gasteiger partial charge in [-0.1, -0.05) is 11.6 Å². The number of likely N-dealkylation sites (tertiary alicyclic amines) is 1. The number of urea groups is 1. The standard InChI is InChI=1S/C18H20ClN3O2S/c19-15-5-4-14(17(23)22-7-2-1-3-8-22)10-16(15)21-18(24)20-11-13-6-9-25-12-13/h4-6,9-10,12H,1-3,7-8,11H2,(H2,20,21,24). The fourth-order valence-corrected chi connectivity index (χ4v) is 3.61. The van der Waals surface area contributed by atoms with E-state index in [0.29, 0.717) is 22.8 Å². The van der Waals surface area contributed by atoms with Crippen molar-refractivity contribution in [2.24, 2.45) is 0 Å². The summed E-state index contributed by atoms with van der Waals surface area (Å²) >= 11 is 7.75. The quantitative estimate of drug-likeness (QED) is 0.832. The fraction of sp³-hybridized carbons (Fsp3) is 0.333. The summed E-state index contributed by atoms with van der Waals surface area (Å²) in [4.78, 5) is 26.5. The number of nitrogens with zero attached hydrogens (tertiary/aromatic N) is 1. The predicted octanol–water partition coefficient (Wildman–Crippen LogP) is 4.35. The smallest absolute Gasteiger partial charge is 0.319 e. The van der Waals surface area contributed by atoms with Crippen LogP contribution < -0.4 is 10.6 Å². The largest absolute Gasteiger partial charge is 0.339 e. The van der Waals surface area contributed by atoms with E-state index in [1.807, 2.05) is 21.7 Å². The molecular weight excluding hydrogens is 358 g/mol. The van der Waals surface area contributed by atoms with Crippen molar-refractivity contribution in [3.8, 4) is 0 Å². The third-order valence-electron chi connectivity index (χ3n) is 4.14. The van der Waals surface area contributed by atoms with Gasteiger partial charge in [-0.3, -0.25) is 4.79 Å². The molecule has 3 rings (SSSR count). The van der Waals surface area contributed by atoms with Gasteiger partial charge >= 0.3 is 6.03 Å². The Balaban J connectivity index is 1.64. The highest BCUT2D eigenvalue weighted by atomic mass is 35.5. The van der Waals surface area contributed by atoms with E-state index in [9.17, 15) is 9.59 Å². The van der Waals surface area contributed by atoms with Crippen LogP contribution >= 0.6 is 22.9 Å². The molecule has 0 radical (unpaired) electrons. The van der Waals surface area contributed by atoms with Crippen LogP contribution in [0.1, 0.15) is 35.2 Å². The van der Waals surface area contributed by atoms with Gasteiger partial charge in [0.05, 0.1) is 10.7 Å². The van der Waals surface area contributed by atoms with Gasteiger partial charge in [-0.25, -0.2) is 4.79 Å². The maximum atomic E-state index is 12.6. The molecule has 2 heterocycles. The number of piperidine rings is 1. The maximum absolute atomic E-state index is 12.6. The molecule has 2 N–H and O–H groups in total. The van der Waals surface area contributed by atoms with Gasteiger partial charge in [-0.05, 0) is 59.9 Å². The number of anilines is 1. The number of halogens is 1. The number of thiophene rings is 1. The van der Waals surface area contributed by atoms with E-state index in [1.165, 1.54) is 6.42 Å². The van der Waals surface area contributed by atoms with Crippen LogP contribution in [-0.2, 0) is 6.54 Å². The van der Waals surface area contributed by atoms with E-state index in [-0.39, 0.29) is 11.9 Å². The van der Waals surface area contributed by atoms with Crippen molar-refractivity contribution in [1.82, 2.24) is 10.2 Å². The van der Waals surface area contributed by atoms with Gasteiger partial charge in [0.25, 0.3) is 5.91 Å². The van der Waals surface area contributed by atoms with E-state index in [0.717, 1.165) is 31.5 Å². The van der Waals surface area contributed by atoms with Gasteiger partial charge in [-0.15, -0.1) is 0 Å². The SMILES string of the molecule is O=C(NCc1ccsc1)Nc1cc(C(=O)N2CCCCC2)ccc1Cl. The Kier molecular flexibility index (Phi) is 5.94. The Bertz CT molecular complexity index is 743. The van der Waals surface area contributed by atoms with Crippen molar-refractivity contribution in [1.29, 1.82) is 0 Å². The molecule has 0 saturated carbocycles. The summed E-state index contributed by atoms with van der Waals surface area (Å²) in [6, 6.07) is 6.59. The molecule has 1 aromatic carbocycles. The Morgan fingerprint density at radius 1 is 1.16 bits per heavy atom. The molecule has 0 unspecified atom stereocenters. The van der Waals surface area contributed by atoms with Crippen molar-refractivity contribution in [3.05, 3.63) is 51.2 Å². The van der Waals surface area contributed by atoms with Gasteiger partial charge in [0.1, 0.15) is 0 Å². The molecule has 1 aromatic heterocycles. The highest BCUT2D eigenvalue weighted by Crippen LogP contribution is 2.24. The van der Waals surface area contributed by atoms with Crippen molar-refractivity contribution in [2.45, 2.75) is 25.8 Å². The summed E-state index contributed by atoms with van der Waals surface area (Å²) in [5.41, 5.74) is 2.02. The molecule has 2 aromatic rings. The van der Waals surface area contributed by atoms with Crippen molar-refractivity contribution >= 4 is 40.6 Å². The zero-order valence-corrected chi connectivity index (χ0v) is 15.3. The van der Waals surface area contributed by atoms with Crippen molar-refractivity contribution in [3.63, 3.8) is 0 Å². The fourth-order valence-electron chi connectivity index (χ4n) is 2.78. The lowest BCUT2D eigenvalue weighted by molar-refractivity contribution is 0.0724. The first-order valence-electron chi connectivity index (χ1n) is 8.28. The molecule has 1 aliphatic rings. The zero-order chi connectivity index (χ0) is 17.6. The summed E-state index contributed by atoms with van der Waals surface area (Å²) in [5, 5.41) is 9.84. The Labute approximate surface area is 156 Å². The number of carbonyl (C=O) groups is 2. The molecule has 132 valence electrons. The van der Waals surface area contributed by atoms with Crippen LogP contribution in [0.25, 0.3) is 0 Å². The second-order valence-corrected chi connectivity index (χ2v) is 7.17. The molecule has 3 amide bonds. The molecule has 25 heavy (non-hydrogen) atoms. The minimum atomic E-state index is -0.351. The summed E-state index contributed by atoms with van der Waals surface area (Å²) in [6.45, 7) is 2.01. The lowest BCUT2D eigenvalue weighted by atomic mass is 10.1. The number of benzene rings is 1. The summed E-state index contributed by atoms with van der Waals surface area (Å²) in [5.74, 6) is -0.0157. The topological polar surface area (TPSA) is 61.4 Å². The minimum absolute atomic E-state index is 0.0157. The zero-order valence-electron chi connectivity index (χ0n) is 13.8. The molecule has 0 bridgehead atoms. The molecule has 0 aliphatic carbocycles. The Morgan fingerprint density at radius 3 is 2.68 bits per heavy atom. The van der Waals surface area contributed by atoms with Crippen molar-refractivity contribution < 1.29 is 9.59 Å². The summed E-state index contributed by atoms with van der Waals surface area (Å²) < 4.78 is 0. The third-order valence-corrected chi connectivity index (χ3v) is 5.20. The first kappa shape index (κ1) is 17.8. The van der Waals surface area contributed by atoms with Gasteiger partial charge in [0.15, 0.2) is 0 Å². The highest BCUT2D eigenvalue weighted by molar-refractivity contribution is 7.07. The van der Waals surface area contributed by atoms with E-state index >= 15 is 0 Å². The maximum Gasteiger partial charge on any atom is 0.319 e. The second-order valence-electron chi connectivity index (χ2n) is 5.99. The van der Waals surface area contributed by atoms with Gasteiger partial charge in [0, 0.05) is 25.2 Å². The molecular formula is C18H20ClN3O2S. The van der Waals surface area contributed by atoms with Crippen molar-refractivity contribution in [2.75, 3.05) is 18.4 Å². The molecule has 1 fully saturated rings. The Hall–Kier alpha value is -2.05. The van der Waals surface area contributed by atoms with Gasteiger partial charge in [0.2, 0.25) is 0 Å². The number of hydrogen-bond acceptors (Lipinski definition) is 3. The van der Waals surface area contributed by atoms with E-state index in [1.54, 1.807) is 29.5 Å². The average Bonchev–Trinajstić information content (AvgIpc) is 3.15. The lowest BCUT2D eigenvalue weighted by Gasteiger charge is -2.27. The number of hydrogen-bond donors (Lipinski definition) is 2. The number of amides is 3. The second kappa shape index (κ2) is 8.36. The number of rotatable bonds is 4. The molecule has 7 heteroatoms. The third kappa shape index (κ3) is 4.74. The molecule has 1 saturated heterocycles. The lowest BCUT2D eigenvalue weighted by Crippen LogP contribution is -2.35. The molecule has 0 atom stereocenters. The molecule has 0 spiro atoms. The monoisotopic (exact) mass is 377 g/mol. The van der Waals surface area contributed by atoms with Crippen LogP contribution in [0.5, 0.6) is 0 Å². The van der Waals surface area contributed by atoms with E-state index < -0.39 is 0 Å². The van der Waals surface area contributed by atoms with Crippen LogP contribution in [0.4, 0.5) is 10.5 Å². The number of carbonyl (C=O) groups excluding carboxylic acids is 2. The van der Waals surface area contributed by atoms with Gasteiger partial charge < -0.3 is 15.5 Å². The van der Waals surface area contributed by atoms with Crippen LogP contribution in [0.15, 0.2) is 35.0 Å². The Morgan fingerprint density at radius 2 is 1.96 bits per heavy atom. The van der Waals surface area contributed by atoms with Gasteiger partial charge in [-0.2, -0.15) is 11.3 Å². The average molecular weight is 378 g/mol. The summed E-state index contributed by atoms with van der Waals surface area (Å²) in [7, 11) is 0. The first-order valence-corrected chi connectivity index (χ1v) is 9.60. The summed E-state index contributed by atoms with van der Waals surface area (Å²) in [6.07, 6.45) is 3.24. The van der Waals surface area contributed by atoms with E-state index in [4.69, 9.17) is 11.6 Å². The van der Waals surface area contributed by atoms with Crippen LogP contribution in [0, 0.1) is 0 Å². The normalized spacial score (nSPS) is 14.2.